The molecule has 0 saturated heterocycles. The predicted molar refractivity (Wildman–Crippen MR) is 82.7 cm³/mol. The van der Waals surface area contributed by atoms with Crippen molar-refractivity contribution in [2.75, 3.05) is 31.3 Å². The van der Waals surface area contributed by atoms with Crippen LogP contribution in [0.3, 0.4) is 0 Å². The molecule has 5 nitrogen and oxygen atoms in total. The quantitative estimate of drug-likeness (QED) is 0.749. The van der Waals surface area contributed by atoms with Gasteiger partial charge >= 0.3 is 0 Å². The van der Waals surface area contributed by atoms with Crippen molar-refractivity contribution in [3.05, 3.63) is 24.3 Å². The monoisotopic (exact) mass is 279 g/mol. The average Bonchev–Trinajstić information content (AvgIpc) is 2.42. The molecule has 3 N–H and O–H groups in total. The van der Waals surface area contributed by atoms with Crippen molar-refractivity contribution in [1.29, 1.82) is 0 Å². The summed E-state index contributed by atoms with van der Waals surface area (Å²) in [5.41, 5.74) is 7.06. The summed E-state index contributed by atoms with van der Waals surface area (Å²) < 4.78 is 5.16. The van der Waals surface area contributed by atoms with E-state index >= 15 is 0 Å². The van der Waals surface area contributed by atoms with Gasteiger partial charge in [-0.2, -0.15) is 0 Å². The van der Waals surface area contributed by atoms with Crippen LogP contribution < -0.4 is 11.1 Å². The van der Waals surface area contributed by atoms with Crippen LogP contribution >= 0.6 is 0 Å². The molecule has 0 heterocycles. The third-order valence-corrected chi connectivity index (χ3v) is 3.43. The lowest BCUT2D eigenvalue weighted by atomic mass is 10.2. The number of nitrogens with one attached hydrogen (secondary N) is 1. The van der Waals surface area contributed by atoms with Gasteiger partial charge in [0.2, 0.25) is 5.91 Å². The Bertz CT molecular complexity index is 437. The maximum Gasteiger partial charge on any atom is 0.241 e. The normalized spacial score (nSPS) is 14.1. The van der Waals surface area contributed by atoms with Crippen LogP contribution in [-0.2, 0) is 9.53 Å². The van der Waals surface area contributed by atoms with Crippen molar-refractivity contribution < 1.29 is 9.53 Å². The summed E-state index contributed by atoms with van der Waals surface area (Å²) in [6.07, 6.45) is 0. The molecule has 2 atom stereocenters. The second-order valence-electron chi connectivity index (χ2n) is 4.89. The van der Waals surface area contributed by atoms with E-state index in [0.717, 1.165) is 6.54 Å². The zero-order chi connectivity index (χ0) is 15.1. The minimum absolute atomic E-state index is 0.0623. The van der Waals surface area contributed by atoms with Crippen molar-refractivity contribution in [3.8, 4) is 0 Å². The molecule has 5 heteroatoms. The molecule has 1 aromatic carbocycles. The van der Waals surface area contributed by atoms with E-state index < -0.39 is 0 Å². The fourth-order valence-corrected chi connectivity index (χ4v) is 2.30. The van der Waals surface area contributed by atoms with Crippen LogP contribution in [0, 0.1) is 0 Å². The van der Waals surface area contributed by atoms with Crippen LogP contribution in [0.2, 0.25) is 0 Å². The van der Waals surface area contributed by atoms with Crippen LogP contribution in [0.1, 0.15) is 20.8 Å². The van der Waals surface area contributed by atoms with E-state index in [1.54, 1.807) is 19.2 Å². The summed E-state index contributed by atoms with van der Waals surface area (Å²) in [5.74, 6) is -0.0623. The zero-order valence-corrected chi connectivity index (χ0v) is 12.7. The minimum atomic E-state index is -0.246. The SMILES string of the molecule is CCN(C(C)COC)C(C)C(=O)Nc1ccccc1N. The summed E-state index contributed by atoms with van der Waals surface area (Å²) in [6.45, 7) is 7.35. The number of carbonyl (C=O) groups is 1. The lowest BCUT2D eigenvalue weighted by Gasteiger charge is -2.32. The molecule has 0 saturated carbocycles. The Labute approximate surface area is 121 Å². The Kier molecular flexibility index (Phi) is 6.48. The highest BCUT2D eigenvalue weighted by molar-refractivity contribution is 5.97. The Morgan fingerprint density at radius 3 is 2.60 bits per heavy atom. The number of hydrogen-bond donors (Lipinski definition) is 2. The molecule has 0 bridgehead atoms. The Hall–Kier alpha value is -1.59. The Balaban J connectivity index is 2.72. The van der Waals surface area contributed by atoms with E-state index in [1.807, 2.05) is 32.9 Å². The summed E-state index contributed by atoms with van der Waals surface area (Å²) in [6, 6.07) is 7.19. The first-order valence-corrected chi connectivity index (χ1v) is 6.91. The van der Waals surface area contributed by atoms with Gasteiger partial charge in [0.15, 0.2) is 0 Å². The highest BCUT2D eigenvalue weighted by Crippen LogP contribution is 2.18. The zero-order valence-electron chi connectivity index (χ0n) is 12.7. The molecule has 0 fully saturated rings. The molecule has 1 rings (SSSR count). The summed E-state index contributed by atoms with van der Waals surface area (Å²) in [7, 11) is 1.67. The van der Waals surface area contributed by atoms with E-state index in [0.29, 0.717) is 18.0 Å². The number of ether oxygens (including phenoxy) is 1. The van der Waals surface area contributed by atoms with Gasteiger partial charge in [-0.05, 0) is 32.5 Å². The fourth-order valence-electron chi connectivity index (χ4n) is 2.30. The van der Waals surface area contributed by atoms with E-state index in [2.05, 4.69) is 10.2 Å². The number of hydrogen-bond acceptors (Lipinski definition) is 4. The predicted octanol–water partition coefficient (Wildman–Crippen LogP) is 1.95. The number of para-hydroxylation sites is 2. The Morgan fingerprint density at radius 1 is 1.40 bits per heavy atom. The number of amides is 1. The van der Waals surface area contributed by atoms with Crippen LogP contribution in [0.5, 0.6) is 0 Å². The lowest BCUT2D eigenvalue weighted by molar-refractivity contribution is -0.121. The second-order valence-corrected chi connectivity index (χ2v) is 4.89. The minimum Gasteiger partial charge on any atom is -0.397 e. The van der Waals surface area contributed by atoms with Crippen molar-refractivity contribution in [1.82, 2.24) is 4.90 Å². The second kappa shape index (κ2) is 7.87. The third kappa shape index (κ3) is 4.21. The van der Waals surface area contributed by atoms with E-state index in [-0.39, 0.29) is 18.0 Å². The number of nitrogens with zero attached hydrogens (tertiary/aromatic N) is 1. The number of nitrogen functional groups attached to an aromatic ring is 1. The summed E-state index contributed by atoms with van der Waals surface area (Å²) >= 11 is 0. The highest BCUT2D eigenvalue weighted by atomic mass is 16.5. The van der Waals surface area contributed by atoms with Crippen molar-refractivity contribution in [2.45, 2.75) is 32.9 Å². The third-order valence-electron chi connectivity index (χ3n) is 3.43. The summed E-state index contributed by atoms with van der Waals surface area (Å²) in [4.78, 5) is 14.4. The van der Waals surface area contributed by atoms with Gasteiger partial charge in [-0.3, -0.25) is 9.69 Å². The first kappa shape index (κ1) is 16.5. The molecule has 0 aliphatic heterocycles. The van der Waals surface area contributed by atoms with Crippen molar-refractivity contribution in [2.24, 2.45) is 0 Å². The number of anilines is 2. The topological polar surface area (TPSA) is 67.6 Å². The first-order chi connectivity index (χ1) is 9.51. The summed E-state index contributed by atoms with van der Waals surface area (Å²) in [5, 5.41) is 2.88. The number of likely N-dealkylation sites (N-methyl/N-ethyl adjacent to an activating group) is 1. The number of carbonyl (C=O) groups excluding carboxylic acids is 1. The molecule has 1 amide bonds. The highest BCUT2D eigenvalue weighted by Gasteiger charge is 2.24. The standard InChI is InChI=1S/C15H25N3O2/c1-5-18(11(2)10-20-4)12(3)15(19)17-14-9-7-6-8-13(14)16/h6-9,11-12H,5,10,16H2,1-4H3,(H,17,19). The van der Waals surface area contributed by atoms with E-state index in [4.69, 9.17) is 10.5 Å². The maximum atomic E-state index is 12.3. The maximum absolute atomic E-state index is 12.3. The molecule has 2 unspecified atom stereocenters. The smallest absolute Gasteiger partial charge is 0.241 e. The van der Waals surface area contributed by atoms with Crippen LogP contribution in [0.4, 0.5) is 11.4 Å². The molecule has 0 aromatic heterocycles. The largest absolute Gasteiger partial charge is 0.397 e. The van der Waals surface area contributed by atoms with Crippen LogP contribution in [0.15, 0.2) is 24.3 Å². The number of benzene rings is 1. The van der Waals surface area contributed by atoms with E-state index in [1.165, 1.54) is 0 Å². The molecule has 0 aliphatic carbocycles. The average molecular weight is 279 g/mol. The van der Waals surface area contributed by atoms with Crippen molar-refractivity contribution in [3.63, 3.8) is 0 Å². The van der Waals surface area contributed by atoms with Gasteiger partial charge in [0, 0.05) is 13.2 Å². The van der Waals surface area contributed by atoms with Crippen LogP contribution in [-0.4, -0.2) is 43.2 Å². The molecule has 0 radical (unpaired) electrons. The molecule has 20 heavy (non-hydrogen) atoms. The van der Waals surface area contributed by atoms with Gasteiger partial charge in [0.25, 0.3) is 0 Å². The molecule has 112 valence electrons. The van der Waals surface area contributed by atoms with Gasteiger partial charge in [0.1, 0.15) is 0 Å². The Morgan fingerprint density at radius 2 is 2.05 bits per heavy atom. The molecular weight excluding hydrogens is 254 g/mol. The van der Waals surface area contributed by atoms with Gasteiger partial charge in [-0.1, -0.05) is 19.1 Å². The molecule has 1 aromatic rings. The molecule has 0 spiro atoms. The van der Waals surface area contributed by atoms with E-state index in [9.17, 15) is 4.79 Å². The lowest BCUT2D eigenvalue weighted by Crippen LogP contribution is -2.48. The van der Waals surface area contributed by atoms with Gasteiger partial charge in [0.05, 0.1) is 24.0 Å². The van der Waals surface area contributed by atoms with Gasteiger partial charge in [-0.15, -0.1) is 0 Å². The fraction of sp³-hybridized carbons (Fsp3) is 0.533. The number of nitrogens with two attached hydrogens (primary N) is 1. The number of rotatable bonds is 7. The molecular formula is C15H25N3O2. The first-order valence-electron chi connectivity index (χ1n) is 6.91. The van der Waals surface area contributed by atoms with Gasteiger partial charge in [-0.25, -0.2) is 0 Å². The van der Waals surface area contributed by atoms with Crippen LogP contribution in [0.25, 0.3) is 0 Å². The van der Waals surface area contributed by atoms with Crippen molar-refractivity contribution >= 4 is 17.3 Å². The van der Waals surface area contributed by atoms with Gasteiger partial charge < -0.3 is 15.8 Å². The number of methoxy groups -OCH3 is 1. The molecule has 0 aliphatic rings.